The molecule has 2 aromatic rings. The lowest BCUT2D eigenvalue weighted by molar-refractivity contribution is 0.258. The highest BCUT2D eigenvalue weighted by atomic mass is 79.9. The molecule has 1 saturated heterocycles. The summed E-state index contributed by atoms with van der Waals surface area (Å²) in [5, 5.41) is 3.69. The van der Waals surface area contributed by atoms with Crippen molar-refractivity contribution in [3.8, 4) is 0 Å². The Morgan fingerprint density at radius 2 is 2.15 bits per heavy atom. The van der Waals surface area contributed by atoms with Gasteiger partial charge in [-0.2, -0.15) is 0 Å². The lowest BCUT2D eigenvalue weighted by Gasteiger charge is -2.35. The second-order valence-corrected chi connectivity index (χ2v) is 7.16. The summed E-state index contributed by atoms with van der Waals surface area (Å²) in [4.78, 5) is 4.96. The maximum absolute atomic E-state index is 4.96. The van der Waals surface area contributed by atoms with E-state index in [0.29, 0.717) is 6.04 Å². The summed E-state index contributed by atoms with van der Waals surface area (Å²) in [6, 6.07) is 6.80. The number of piperidine rings is 1. The first-order chi connectivity index (χ1) is 9.51. The molecular formula is C16H22BrN3. The van der Waals surface area contributed by atoms with E-state index >= 15 is 0 Å². The summed E-state index contributed by atoms with van der Waals surface area (Å²) in [7, 11) is 0. The Bertz CT molecular complexity index is 624. The molecule has 1 N–H and O–H groups in total. The number of rotatable bonds is 2. The smallest absolute Gasteiger partial charge is 0.130 e. The molecule has 1 aromatic carbocycles. The molecule has 1 atom stereocenters. The zero-order chi connectivity index (χ0) is 14.3. The van der Waals surface area contributed by atoms with Crippen molar-refractivity contribution in [2.24, 2.45) is 0 Å². The molecule has 0 aliphatic carbocycles. The maximum atomic E-state index is 4.96. The number of imidazole rings is 1. The van der Waals surface area contributed by atoms with Gasteiger partial charge in [-0.3, -0.25) is 0 Å². The number of hydrogen-bond acceptors (Lipinski definition) is 2. The fraction of sp³-hybridized carbons (Fsp3) is 0.562. The van der Waals surface area contributed by atoms with Crippen molar-refractivity contribution >= 4 is 27.0 Å². The summed E-state index contributed by atoms with van der Waals surface area (Å²) in [5.74, 6) is 1.18. The highest BCUT2D eigenvalue weighted by Crippen LogP contribution is 2.34. The van der Waals surface area contributed by atoms with Crippen LogP contribution in [0.15, 0.2) is 22.7 Å². The monoisotopic (exact) mass is 335 g/mol. The molecule has 1 aliphatic rings. The molecule has 108 valence electrons. The summed E-state index contributed by atoms with van der Waals surface area (Å²) < 4.78 is 3.48. The van der Waals surface area contributed by atoms with E-state index in [0.717, 1.165) is 23.0 Å². The Labute approximate surface area is 128 Å². The molecule has 4 heteroatoms. The number of halogens is 1. The molecular weight excluding hydrogens is 314 g/mol. The van der Waals surface area contributed by atoms with Gasteiger partial charge in [-0.25, -0.2) is 4.98 Å². The van der Waals surface area contributed by atoms with E-state index in [1.165, 1.54) is 24.2 Å². The molecule has 1 aromatic heterocycles. The van der Waals surface area contributed by atoms with Crippen molar-refractivity contribution in [3.63, 3.8) is 0 Å². The van der Waals surface area contributed by atoms with Gasteiger partial charge in [0.15, 0.2) is 0 Å². The Balaban J connectivity index is 2.21. The SMILES string of the molecule is CC(C)n1c(C2(C)CCCCN2)nc2cc(Br)ccc21. The van der Waals surface area contributed by atoms with Crippen LogP contribution in [-0.4, -0.2) is 16.1 Å². The van der Waals surface area contributed by atoms with Crippen molar-refractivity contribution in [2.75, 3.05) is 6.54 Å². The lowest BCUT2D eigenvalue weighted by atomic mass is 9.90. The van der Waals surface area contributed by atoms with Crippen LogP contribution in [0.2, 0.25) is 0 Å². The van der Waals surface area contributed by atoms with E-state index in [4.69, 9.17) is 4.98 Å². The van der Waals surface area contributed by atoms with Gasteiger partial charge in [-0.1, -0.05) is 15.9 Å². The Morgan fingerprint density at radius 1 is 1.35 bits per heavy atom. The van der Waals surface area contributed by atoms with E-state index in [1.807, 2.05) is 0 Å². The van der Waals surface area contributed by atoms with E-state index in [-0.39, 0.29) is 5.54 Å². The first-order valence-electron chi connectivity index (χ1n) is 7.44. The molecule has 1 fully saturated rings. The van der Waals surface area contributed by atoms with Crippen LogP contribution in [0.5, 0.6) is 0 Å². The number of nitrogens with zero attached hydrogens (tertiary/aromatic N) is 2. The third kappa shape index (κ3) is 2.29. The number of hydrogen-bond donors (Lipinski definition) is 1. The predicted molar refractivity (Wildman–Crippen MR) is 87.0 cm³/mol. The Hall–Kier alpha value is -0.870. The molecule has 3 nitrogen and oxygen atoms in total. The molecule has 3 rings (SSSR count). The fourth-order valence-corrected chi connectivity index (χ4v) is 3.58. The number of fused-ring (bicyclic) bond motifs is 1. The zero-order valence-electron chi connectivity index (χ0n) is 12.4. The van der Waals surface area contributed by atoms with Crippen molar-refractivity contribution in [3.05, 3.63) is 28.5 Å². The van der Waals surface area contributed by atoms with Crippen molar-refractivity contribution in [1.29, 1.82) is 0 Å². The third-order valence-electron chi connectivity index (χ3n) is 4.28. The fourth-order valence-electron chi connectivity index (χ4n) is 3.23. The van der Waals surface area contributed by atoms with E-state index in [9.17, 15) is 0 Å². The van der Waals surface area contributed by atoms with Gasteiger partial charge < -0.3 is 9.88 Å². The van der Waals surface area contributed by atoms with Crippen molar-refractivity contribution in [2.45, 2.75) is 51.6 Å². The second-order valence-electron chi connectivity index (χ2n) is 6.25. The number of aromatic nitrogens is 2. The van der Waals surface area contributed by atoms with E-state index in [1.54, 1.807) is 0 Å². The molecule has 2 heterocycles. The minimum atomic E-state index is -0.00594. The summed E-state index contributed by atoms with van der Waals surface area (Å²) >= 11 is 3.55. The average molecular weight is 336 g/mol. The summed E-state index contributed by atoms with van der Waals surface area (Å²) in [5.41, 5.74) is 2.30. The quantitative estimate of drug-likeness (QED) is 0.883. The highest BCUT2D eigenvalue weighted by Gasteiger charge is 2.34. The van der Waals surface area contributed by atoms with Crippen LogP contribution in [-0.2, 0) is 5.54 Å². The van der Waals surface area contributed by atoms with Crippen molar-refractivity contribution in [1.82, 2.24) is 14.9 Å². The Kier molecular flexibility index (Phi) is 3.63. The zero-order valence-corrected chi connectivity index (χ0v) is 14.0. The highest BCUT2D eigenvalue weighted by molar-refractivity contribution is 9.10. The van der Waals surface area contributed by atoms with Crippen LogP contribution in [0, 0.1) is 0 Å². The minimum Gasteiger partial charge on any atom is -0.324 e. The van der Waals surface area contributed by atoms with Gasteiger partial charge >= 0.3 is 0 Å². The van der Waals surface area contributed by atoms with Crippen LogP contribution in [0.3, 0.4) is 0 Å². The van der Waals surface area contributed by atoms with Gasteiger partial charge in [-0.15, -0.1) is 0 Å². The molecule has 20 heavy (non-hydrogen) atoms. The maximum Gasteiger partial charge on any atom is 0.130 e. The summed E-state index contributed by atoms with van der Waals surface area (Å²) in [6.45, 7) is 7.85. The first-order valence-corrected chi connectivity index (χ1v) is 8.23. The van der Waals surface area contributed by atoms with Crippen molar-refractivity contribution < 1.29 is 0 Å². The normalized spacial score (nSPS) is 23.6. The predicted octanol–water partition coefficient (Wildman–Crippen LogP) is 4.37. The second kappa shape index (κ2) is 5.15. The molecule has 0 amide bonds. The number of benzene rings is 1. The van der Waals surface area contributed by atoms with Gasteiger partial charge in [0.2, 0.25) is 0 Å². The van der Waals surface area contributed by atoms with Crippen LogP contribution in [0.4, 0.5) is 0 Å². The van der Waals surface area contributed by atoms with Crippen LogP contribution in [0.25, 0.3) is 11.0 Å². The van der Waals surface area contributed by atoms with E-state index in [2.05, 4.69) is 64.8 Å². The molecule has 0 spiro atoms. The molecule has 0 radical (unpaired) electrons. The Morgan fingerprint density at radius 3 is 2.80 bits per heavy atom. The minimum absolute atomic E-state index is 0.00594. The average Bonchev–Trinajstić information content (AvgIpc) is 2.78. The molecule has 0 bridgehead atoms. The van der Waals surface area contributed by atoms with Gasteiger partial charge in [0.05, 0.1) is 16.6 Å². The topological polar surface area (TPSA) is 29.9 Å². The van der Waals surface area contributed by atoms with Gasteiger partial charge in [0, 0.05) is 10.5 Å². The largest absolute Gasteiger partial charge is 0.324 e. The van der Waals surface area contributed by atoms with Crippen LogP contribution >= 0.6 is 15.9 Å². The van der Waals surface area contributed by atoms with Gasteiger partial charge in [-0.05, 0) is 64.8 Å². The molecule has 1 unspecified atom stereocenters. The lowest BCUT2D eigenvalue weighted by Crippen LogP contribution is -2.45. The standard InChI is InChI=1S/C16H22BrN3/c1-11(2)20-14-7-6-12(17)10-13(14)19-15(20)16(3)8-4-5-9-18-16/h6-7,10-11,18H,4-5,8-9H2,1-3H3. The van der Waals surface area contributed by atoms with Gasteiger partial charge in [0.25, 0.3) is 0 Å². The van der Waals surface area contributed by atoms with Gasteiger partial charge in [0.1, 0.15) is 5.82 Å². The third-order valence-corrected chi connectivity index (χ3v) is 4.77. The van der Waals surface area contributed by atoms with Crippen LogP contribution < -0.4 is 5.32 Å². The van der Waals surface area contributed by atoms with Crippen LogP contribution in [0.1, 0.15) is 51.9 Å². The molecule has 1 aliphatic heterocycles. The first kappa shape index (κ1) is 14.1. The number of nitrogens with one attached hydrogen (secondary N) is 1. The van der Waals surface area contributed by atoms with E-state index < -0.39 is 0 Å². The molecule has 0 saturated carbocycles. The summed E-state index contributed by atoms with van der Waals surface area (Å²) in [6.07, 6.45) is 3.70.